The number of aromatic nitrogens is 2. The molecule has 4 nitrogen and oxygen atoms in total. The fraction of sp³-hybridized carbons (Fsp3) is 0.381. The first-order valence-corrected chi connectivity index (χ1v) is 9.47. The standard InChI is InChI=1S/C21H23ClN2O2/c1-14-12-16(13-15(2)20(14)22)25-11-9-24-18-7-4-3-6-17(18)23-21(24)19-8-5-10-26-19/h3-4,6-7,12-13,19H,5,8-11H2,1-2H3. The Hall–Kier alpha value is -2.04. The van der Waals surface area contributed by atoms with Crippen molar-refractivity contribution in [2.75, 3.05) is 13.2 Å². The van der Waals surface area contributed by atoms with Gasteiger partial charge in [0.2, 0.25) is 0 Å². The molecule has 4 rings (SSSR count). The van der Waals surface area contributed by atoms with Gasteiger partial charge in [-0.3, -0.25) is 0 Å². The molecule has 0 saturated carbocycles. The lowest BCUT2D eigenvalue weighted by Gasteiger charge is -2.15. The van der Waals surface area contributed by atoms with Gasteiger partial charge >= 0.3 is 0 Å². The zero-order valence-corrected chi connectivity index (χ0v) is 15.9. The Morgan fingerprint density at radius 2 is 2.00 bits per heavy atom. The Bertz CT molecular complexity index is 906. The van der Waals surface area contributed by atoms with Gasteiger partial charge in [0.15, 0.2) is 0 Å². The highest BCUT2D eigenvalue weighted by molar-refractivity contribution is 6.32. The number of rotatable bonds is 5. The van der Waals surface area contributed by atoms with Gasteiger partial charge in [0.25, 0.3) is 0 Å². The molecule has 0 amide bonds. The van der Waals surface area contributed by atoms with Crippen LogP contribution in [0.15, 0.2) is 36.4 Å². The lowest BCUT2D eigenvalue weighted by atomic mass is 10.1. The number of fused-ring (bicyclic) bond motifs is 1. The lowest BCUT2D eigenvalue weighted by molar-refractivity contribution is 0.101. The van der Waals surface area contributed by atoms with Crippen LogP contribution in [-0.4, -0.2) is 22.8 Å². The van der Waals surface area contributed by atoms with Gasteiger partial charge in [-0.1, -0.05) is 23.7 Å². The normalized spacial score (nSPS) is 17.1. The van der Waals surface area contributed by atoms with Crippen molar-refractivity contribution in [1.29, 1.82) is 0 Å². The fourth-order valence-electron chi connectivity index (χ4n) is 3.60. The van der Waals surface area contributed by atoms with E-state index in [2.05, 4.69) is 16.7 Å². The first kappa shape index (κ1) is 17.4. The van der Waals surface area contributed by atoms with Crippen molar-refractivity contribution in [3.05, 3.63) is 58.4 Å². The van der Waals surface area contributed by atoms with Crippen LogP contribution in [-0.2, 0) is 11.3 Å². The second-order valence-electron chi connectivity index (χ2n) is 6.83. The second-order valence-corrected chi connectivity index (χ2v) is 7.21. The van der Waals surface area contributed by atoms with E-state index in [1.165, 1.54) is 0 Å². The average molecular weight is 371 g/mol. The van der Waals surface area contributed by atoms with Gasteiger partial charge in [-0.05, 0) is 62.1 Å². The maximum absolute atomic E-state index is 6.24. The Morgan fingerprint density at radius 1 is 1.23 bits per heavy atom. The van der Waals surface area contributed by atoms with Gasteiger partial charge in [0, 0.05) is 11.6 Å². The zero-order chi connectivity index (χ0) is 18.1. The van der Waals surface area contributed by atoms with E-state index in [0.29, 0.717) is 6.61 Å². The summed E-state index contributed by atoms with van der Waals surface area (Å²) >= 11 is 6.24. The van der Waals surface area contributed by atoms with Crippen LogP contribution in [0.3, 0.4) is 0 Å². The van der Waals surface area contributed by atoms with Crippen LogP contribution in [0.1, 0.15) is 35.9 Å². The number of imidazole rings is 1. The van der Waals surface area contributed by atoms with Crippen molar-refractivity contribution in [3.63, 3.8) is 0 Å². The monoisotopic (exact) mass is 370 g/mol. The number of hydrogen-bond acceptors (Lipinski definition) is 3. The maximum atomic E-state index is 6.24. The lowest BCUT2D eigenvalue weighted by Crippen LogP contribution is -2.14. The molecule has 1 aliphatic heterocycles. The summed E-state index contributed by atoms with van der Waals surface area (Å²) < 4.78 is 14.1. The molecular formula is C21H23ClN2O2. The Balaban J connectivity index is 1.56. The summed E-state index contributed by atoms with van der Waals surface area (Å²) in [6.07, 6.45) is 2.20. The molecule has 0 spiro atoms. The van der Waals surface area contributed by atoms with E-state index >= 15 is 0 Å². The Morgan fingerprint density at radius 3 is 2.73 bits per heavy atom. The molecule has 26 heavy (non-hydrogen) atoms. The van der Waals surface area contributed by atoms with Gasteiger partial charge in [0.05, 0.1) is 17.6 Å². The molecule has 1 saturated heterocycles. The minimum Gasteiger partial charge on any atom is -0.492 e. The largest absolute Gasteiger partial charge is 0.492 e. The molecule has 2 heterocycles. The summed E-state index contributed by atoms with van der Waals surface area (Å²) in [6, 6.07) is 12.2. The number of ether oxygens (including phenoxy) is 2. The third kappa shape index (κ3) is 3.31. The van der Waals surface area contributed by atoms with Crippen LogP contribution in [0.4, 0.5) is 0 Å². The van der Waals surface area contributed by atoms with Gasteiger partial charge < -0.3 is 14.0 Å². The molecule has 0 aliphatic carbocycles. The summed E-state index contributed by atoms with van der Waals surface area (Å²) in [7, 11) is 0. The predicted octanol–water partition coefficient (Wildman–Crippen LogP) is 5.24. The van der Waals surface area contributed by atoms with Crippen molar-refractivity contribution in [2.45, 2.75) is 39.3 Å². The zero-order valence-electron chi connectivity index (χ0n) is 15.2. The van der Waals surface area contributed by atoms with Gasteiger partial charge in [-0.2, -0.15) is 0 Å². The minimum absolute atomic E-state index is 0.0856. The summed E-state index contributed by atoms with van der Waals surface area (Å²) in [5.74, 6) is 1.86. The molecule has 2 aromatic carbocycles. The van der Waals surface area contributed by atoms with Gasteiger partial charge in [0.1, 0.15) is 24.3 Å². The van der Waals surface area contributed by atoms with Crippen molar-refractivity contribution >= 4 is 22.6 Å². The van der Waals surface area contributed by atoms with E-state index in [0.717, 1.165) is 64.8 Å². The SMILES string of the molecule is Cc1cc(OCCn2c(C3CCCO3)nc3ccccc32)cc(C)c1Cl. The molecule has 1 unspecified atom stereocenters. The molecule has 1 aromatic heterocycles. The van der Waals surface area contributed by atoms with E-state index in [-0.39, 0.29) is 6.10 Å². The fourth-order valence-corrected chi connectivity index (χ4v) is 3.71. The second kappa shape index (κ2) is 7.29. The number of nitrogens with zero attached hydrogens (tertiary/aromatic N) is 2. The summed E-state index contributed by atoms with van der Waals surface area (Å²) in [4.78, 5) is 4.83. The quantitative estimate of drug-likeness (QED) is 0.616. The van der Waals surface area contributed by atoms with Crippen LogP contribution in [0.2, 0.25) is 5.02 Å². The van der Waals surface area contributed by atoms with Crippen molar-refractivity contribution in [3.8, 4) is 5.75 Å². The van der Waals surface area contributed by atoms with E-state index in [1.54, 1.807) is 0 Å². The molecule has 1 aliphatic rings. The third-order valence-corrected chi connectivity index (χ3v) is 5.49. The Kier molecular flexibility index (Phi) is 4.88. The summed E-state index contributed by atoms with van der Waals surface area (Å²) in [5.41, 5.74) is 4.21. The molecular weight excluding hydrogens is 348 g/mol. The van der Waals surface area contributed by atoms with Crippen molar-refractivity contribution in [2.24, 2.45) is 0 Å². The molecule has 5 heteroatoms. The molecule has 0 N–H and O–H groups in total. The molecule has 1 fully saturated rings. The van der Waals surface area contributed by atoms with Gasteiger partial charge in [-0.25, -0.2) is 4.98 Å². The van der Waals surface area contributed by atoms with Crippen LogP contribution in [0.5, 0.6) is 5.75 Å². The molecule has 0 bridgehead atoms. The van der Waals surface area contributed by atoms with Crippen LogP contribution >= 0.6 is 11.6 Å². The van der Waals surface area contributed by atoms with Crippen LogP contribution in [0, 0.1) is 13.8 Å². The first-order chi connectivity index (χ1) is 12.6. The van der Waals surface area contributed by atoms with E-state index in [1.807, 2.05) is 38.1 Å². The average Bonchev–Trinajstić information content (AvgIpc) is 3.27. The summed E-state index contributed by atoms with van der Waals surface area (Å²) in [6.45, 7) is 6.12. The van der Waals surface area contributed by atoms with E-state index in [9.17, 15) is 0 Å². The number of aryl methyl sites for hydroxylation is 2. The van der Waals surface area contributed by atoms with Crippen LogP contribution < -0.4 is 4.74 Å². The predicted molar refractivity (Wildman–Crippen MR) is 104 cm³/mol. The summed E-state index contributed by atoms with van der Waals surface area (Å²) in [5, 5.41) is 0.804. The highest BCUT2D eigenvalue weighted by Gasteiger charge is 2.24. The van der Waals surface area contributed by atoms with Crippen molar-refractivity contribution < 1.29 is 9.47 Å². The van der Waals surface area contributed by atoms with E-state index in [4.69, 9.17) is 26.1 Å². The van der Waals surface area contributed by atoms with E-state index < -0.39 is 0 Å². The molecule has 1 atom stereocenters. The highest BCUT2D eigenvalue weighted by atomic mass is 35.5. The maximum Gasteiger partial charge on any atom is 0.139 e. The third-order valence-electron chi connectivity index (χ3n) is 4.90. The van der Waals surface area contributed by atoms with Gasteiger partial charge in [-0.15, -0.1) is 0 Å². The highest BCUT2D eigenvalue weighted by Crippen LogP contribution is 2.31. The molecule has 136 valence electrons. The molecule has 0 radical (unpaired) electrons. The molecule has 3 aromatic rings. The van der Waals surface area contributed by atoms with Crippen LogP contribution in [0.25, 0.3) is 11.0 Å². The number of hydrogen-bond donors (Lipinski definition) is 0. The smallest absolute Gasteiger partial charge is 0.139 e. The topological polar surface area (TPSA) is 36.3 Å². The number of halogens is 1. The number of para-hydroxylation sites is 2. The first-order valence-electron chi connectivity index (χ1n) is 9.10. The Labute approximate surface area is 158 Å². The number of benzene rings is 2. The van der Waals surface area contributed by atoms with Crippen molar-refractivity contribution in [1.82, 2.24) is 9.55 Å². The minimum atomic E-state index is 0.0856.